The third kappa shape index (κ3) is 3.37. The minimum Gasteiger partial charge on any atom is -0.508 e. The molecule has 6 rings (SSSR count). The highest BCUT2D eigenvalue weighted by Gasteiger charge is 2.35. The van der Waals surface area contributed by atoms with E-state index in [9.17, 15) is 19.5 Å². The molecule has 0 saturated carbocycles. The van der Waals surface area contributed by atoms with Gasteiger partial charge in [0.15, 0.2) is 0 Å². The van der Waals surface area contributed by atoms with Crippen molar-refractivity contribution in [3.63, 3.8) is 0 Å². The lowest BCUT2D eigenvalue weighted by atomic mass is 10.1. The first kappa shape index (κ1) is 21.5. The number of benzene rings is 4. The summed E-state index contributed by atoms with van der Waals surface area (Å²) in [4.78, 5) is 45.3. The average molecular weight is 473 g/mol. The van der Waals surface area contributed by atoms with Gasteiger partial charge in [-0.2, -0.15) is 0 Å². The minimum absolute atomic E-state index is 0.0848. The van der Waals surface area contributed by atoms with E-state index >= 15 is 0 Å². The maximum Gasteiger partial charge on any atom is 0.266 e. The van der Waals surface area contributed by atoms with Crippen LogP contribution in [0.2, 0.25) is 0 Å². The molecule has 2 heterocycles. The van der Waals surface area contributed by atoms with Crippen LogP contribution >= 0.6 is 0 Å². The second-order valence-corrected chi connectivity index (χ2v) is 8.51. The van der Waals surface area contributed by atoms with Crippen LogP contribution in [-0.2, 0) is 6.54 Å². The Morgan fingerprint density at radius 1 is 0.722 bits per heavy atom. The molecule has 5 aromatic rings. The van der Waals surface area contributed by atoms with E-state index in [1.807, 2.05) is 36.4 Å². The SMILES string of the molecule is O=C1c2ccccc2C(=O)N1Cc1cc(-n2c(-c3ccccc3)nc3ccccc3c2=O)ccc1O. The smallest absolute Gasteiger partial charge is 0.266 e. The molecule has 0 saturated heterocycles. The number of nitrogens with zero attached hydrogens (tertiary/aromatic N) is 3. The molecule has 0 atom stereocenters. The van der Waals surface area contributed by atoms with Gasteiger partial charge in [-0.1, -0.05) is 54.6 Å². The molecule has 0 radical (unpaired) electrons. The quantitative estimate of drug-likeness (QED) is 0.387. The molecule has 174 valence electrons. The standard InChI is InChI=1S/C29H19N3O4/c33-25-15-14-20(16-19(25)17-31-27(34)21-10-4-5-11-22(21)28(31)35)32-26(18-8-2-1-3-9-18)30-24-13-7-6-12-23(24)29(32)36/h1-16,33H,17H2. The fourth-order valence-corrected chi connectivity index (χ4v) is 4.54. The zero-order valence-electron chi connectivity index (χ0n) is 19.0. The van der Waals surface area contributed by atoms with Gasteiger partial charge < -0.3 is 5.11 Å². The summed E-state index contributed by atoms with van der Waals surface area (Å²) in [5.74, 6) is -0.486. The van der Waals surface area contributed by atoms with Gasteiger partial charge in [0.1, 0.15) is 11.6 Å². The van der Waals surface area contributed by atoms with Crippen LogP contribution in [0.4, 0.5) is 0 Å². The molecule has 7 nitrogen and oxygen atoms in total. The van der Waals surface area contributed by atoms with Gasteiger partial charge in [0, 0.05) is 11.1 Å². The van der Waals surface area contributed by atoms with Crippen molar-refractivity contribution >= 4 is 22.7 Å². The summed E-state index contributed by atoms with van der Waals surface area (Å²) < 4.78 is 1.49. The molecule has 4 aromatic carbocycles. The zero-order valence-corrected chi connectivity index (χ0v) is 19.0. The summed E-state index contributed by atoms with van der Waals surface area (Å²) in [6.45, 7) is -0.136. The Morgan fingerprint density at radius 2 is 1.36 bits per heavy atom. The molecule has 36 heavy (non-hydrogen) atoms. The van der Waals surface area contributed by atoms with Gasteiger partial charge in [0.05, 0.1) is 34.3 Å². The predicted octanol–water partition coefficient (Wildman–Crippen LogP) is 4.55. The third-order valence-corrected chi connectivity index (χ3v) is 6.34. The number of carbonyl (C=O) groups excluding carboxylic acids is 2. The van der Waals surface area contributed by atoms with Crippen LogP contribution in [0, 0.1) is 0 Å². The summed E-state index contributed by atoms with van der Waals surface area (Å²) in [6.07, 6.45) is 0. The number of carbonyl (C=O) groups is 2. The van der Waals surface area contributed by atoms with Gasteiger partial charge in [-0.15, -0.1) is 0 Å². The lowest BCUT2D eigenvalue weighted by Gasteiger charge is -2.18. The van der Waals surface area contributed by atoms with E-state index in [-0.39, 0.29) is 17.9 Å². The number of hydrogen-bond donors (Lipinski definition) is 1. The second-order valence-electron chi connectivity index (χ2n) is 8.51. The maximum atomic E-state index is 13.7. The molecule has 1 aliphatic heterocycles. The first-order valence-electron chi connectivity index (χ1n) is 11.4. The third-order valence-electron chi connectivity index (χ3n) is 6.34. The molecular formula is C29H19N3O4. The molecular weight excluding hydrogens is 454 g/mol. The summed E-state index contributed by atoms with van der Waals surface area (Å²) in [6, 6.07) is 27.8. The summed E-state index contributed by atoms with van der Waals surface area (Å²) in [5, 5.41) is 11.1. The number of phenols is 1. The summed E-state index contributed by atoms with van der Waals surface area (Å²) >= 11 is 0. The van der Waals surface area contributed by atoms with E-state index in [0.717, 1.165) is 10.5 Å². The van der Waals surface area contributed by atoms with E-state index in [1.165, 1.54) is 10.6 Å². The number of aromatic hydroxyl groups is 1. The van der Waals surface area contributed by atoms with Crippen LogP contribution in [0.3, 0.4) is 0 Å². The van der Waals surface area contributed by atoms with E-state index in [1.54, 1.807) is 54.6 Å². The summed E-state index contributed by atoms with van der Waals surface area (Å²) in [5.41, 5.74) is 2.51. The van der Waals surface area contributed by atoms with Crippen molar-refractivity contribution in [2.75, 3.05) is 0 Å². The Kier molecular flexibility index (Phi) is 4.97. The lowest BCUT2D eigenvalue weighted by molar-refractivity contribution is 0.0641. The van der Waals surface area contributed by atoms with Crippen LogP contribution in [0.25, 0.3) is 28.0 Å². The van der Waals surface area contributed by atoms with E-state index < -0.39 is 11.8 Å². The molecule has 0 unspecified atom stereocenters. The Morgan fingerprint density at radius 3 is 2.08 bits per heavy atom. The topological polar surface area (TPSA) is 92.5 Å². The lowest BCUT2D eigenvalue weighted by Crippen LogP contribution is -2.29. The number of phenolic OH excluding ortho intramolecular Hbond substituents is 1. The molecule has 0 aliphatic carbocycles. The van der Waals surface area contributed by atoms with E-state index in [2.05, 4.69) is 0 Å². The van der Waals surface area contributed by atoms with Gasteiger partial charge >= 0.3 is 0 Å². The Labute approximate surface area is 205 Å². The van der Waals surface area contributed by atoms with Gasteiger partial charge in [-0.3, -0.25) is 23.9 Å². The average Bonchev–Trinajstić information content (AvgIpc) is 3.15. The fourth-order valence-electron chi connectivity index (χ4n) is 4.54. The number of imide groups is 1. The Bertz CT molecular complexity index is 1710. The van der Waals surface area contributed by atoms with Gasteiger partial charge in [0.25, 0.3) is 17.4 Å². The van der Waals surface area contributed by atoms with Crippen LogP contribution in [0.5, 0.6) is 5.75 Å². The minimum atomic E-state index is -0.421. The number of aromatic nitrogens is 2. The fraction of sp³-hybridized carbons (Fsp3) is 0.0345. The monoisotopic (exact) mass is 473 g/mol. The molecule has 1 aromatic heterocycles. The van der Waals surface area contributed by atoms with Gasteiger partial charge in [0.2, 0.25) is 0 Å². The molecule has 7 heteroatoms. The molecule has 0 spiro atoms. The second kappa shape index (κ2) is 8.32. The summed E-state index contributed by atoms with van der Waals surface area (Å²) in [7, 11) is 0. The number of rotatable bonds is 4. The van der Waals surface area contributed by atoms with Gasteiger partial charge in [-0.25, -0.2) is 4.98 Å². The van der Waals surface area contributed by atoms with Crippen molar-refractivity contribution in [1.82, 2.24) is 14.5 Å². The Hall–Kier alpha value is -5.04. The number of hydrogen-bond acceptors (Lipinski definition) is 5. The maximum absolute atomic E-state index is 13.7. The number of para-hydroxylation sites is 1. The van der Waals surface area contributed by atoms with Crippen LogP contribution in [0.1, 0.15) is 26.3 Å². The van der Waals surface area contributed by atoms with E-state index in [4.69, 9.17) is 4.98 Å². The first-order valence-corrected chi connectivity index (χ1v) is 11.4. The molecule has 1 N–H and O–H groups in total. The van der Waals surface area contributed by atoms with Crippen molar-refractivity contribution in [3.05, 3.63) is 124 Å². The highest BCUT2D eigenvalue weighted by atomic mass is 16.3. The van der Waals surface area contributed by atoms with Crippen molar-refractivity contribution in [1.29, 1.82) is 0 Å². The van der Waals surface area contributed by atoms with Gasteiger partial charge in [-0.05, 0) is 42.5 Å². The highest BCUT2D eigenvalue weighted by molar-refractivity contribution is 6.21. The van der Waals surface area contributed by atoms with Crippen LogP contribution in [-0.4, -0.2) is 31.4 Å². The van der Waals surface area contributed by atoms with Crippen LogP contribution < -0.4 is 5.56 Å². The Balaban J connectivity index is 1.49. The predicted molar refractivity (Wildman–Crippen MR) is 135 cm³/mol. The van der Waals surface area contributed by atoms with E-state index in [0.29, 0.717) is 39.1 Å². The van der Waals surface area contributed by atoms with Crippen molar-refractivity contribution in [2.45, 2.75) is 6.54 Å². The highest BCUT2D eigenvalue weighted by Crippen LogP contribution is 2.29. The molecule has 0 bridgehead atoms. The normalized spacial score (nSPS) is 12.8. The molecule has 2 amide bonds. The van der Waals surface area contributed by atoms with Crippen molar-refractivity contribution in [2.24, 2.45) is 0 Å². The largest absolute Gasteiger partial charge is 0.508 e. The number of amides is 2. The molecule has 0 fully saturated rings. The number of fused-ring (bicyclic) bond motifs is 2. The van der Waals surface area contributed by atoms with Crippen LogP contribution in [0.15, 0.2) is 102 Å². The first-order chi connectivity index (χ1) is 17.5. The molecule has 1 aliphatic rings. The zero-order chi connectivity index (χ0) is 24.8. The van der Waals surface area contributed by atoms with Crippen molar-refractivity contribution in [3.8, 4) is 22.8 Å². The van der Waals surface area contributed by atoms with Crippen molar-refractivity contribution < 1.29 is 14.7 Å².